The molecule has 18 heavy (non-hydrogen) atoms. The minimum atomic E-state index is -0.632. The number of amides is 1. The molecule has 1 aromatic rings. The third-order valence-electron chi connectivity index (χ3n) is 3.09. The van der Waals surface area contributed by atoms with Gasteiger partial charge < -0.3 is 14.8 Å². The maximum absolute atomic E-state index is 11.7. The fourth-order valence-corrected chi connectivity index (χ4v) is 1.89. The molecule has 0 unspecified atom stereocenters. The molecule has 0 spiro atoms. The van der Waals surface area contributed by atoms with E-state index in [0.29, 0.717) is 11.5 Å². The number of benzene rings is 1. The van der Waals surface area contributed by atoms with Gasteiger partial charge in [-0.1, -0.05) is 6.07 Å². The van der Waals surface area contributed by atoms with Crippen LogP contribution in [0.5, 0.6) is 11.5 Å². The fraction of sp³-hybridized carbons (Fsp3) is 0.385. The second-order valence-corrected chi connectivity index (χ2v) is 4.46. The SMILES string of the molecule is N#C[C@@H](NC(=O)C1CC1)c1ccc2c(c1)OCO2. The highest BCUT2D eigenvalue weighted by atomic mass is 16.7. The highest BCUT2D eigenvalue weighted by molar-refractivity contribution is 5.81. The molecule has 1 aliphatic carbocycles. The summed E-state index contributed by atoms with van der Waals surface area (Å²) < 4.78 is 10.5. The molecule has 5 heteroatoms. The smallest absolute Gasteiger partial charge is 0.231 e. The third-order valence-corrected chi connectivity index (χ3v) is 3.09. The zero-order chi connectivity index (χ0) is 12.5. The monoisotopic (exact) mass is 244 g/mol. The van der Waals surface area contributed by atoms with E-state index < -0.39 is 6.04 Å². The van der Waals surface area contributed by atoms with E-state index in [4.69, 9.17) is 14.7 Å². The van der Waals surface area contributed by atoms with Gasteiger partial charge in [0, 0.05) is 5.92 Å². The highest BCUT2D eigenvalue weighted by Gasteiger charge is 2.31. The van der Waals surface area contributed by atoms with E-state index in [1.165, 1.54) is 0 Å². The van der Waals surface area contributed by atoms with E-state index in [9.17, 15) is 4.79 Å². The minimum Gasteiger partial charge on any atom is -0.454 e. The molecule has 0 radical (unpaired) electrons. The van der Waals surface area contributed by atoms with Gasteiger partial charge in [0.05, 0.1) is 6.07 Å². The summed E-state index contributed by atoms with van der Waals surface area (Å²) in [5.74, 6) is 1.34. The van der Waals surface area contributed by atoms with E-state index in [1.807, 2.05) is 0 Å². The number of fused-ring (bicyclic) bond motifs is 1. The van der Waals surface area contributed by atoms with E-state index in [-0.39, 0.29) is 18.6 Å². The number of nitrogens with zero attached hydrogens (tertiary/aromatic N) is 1. The lowest BCUT2D eigenvalue weighted by atomic mass is 10.1. The first-order chi connectivity index (χ1) is 8.78. The van der Waals surface area contributed by atoms with Crippen LogP contribution in [0.25, 0.3) is 0 Å². The van der Waals surface area contributed by atoms with Gasteiger partial charge in [-0.05, 0) is 30.5 Å². The zero-order valence-corrected chi connectivity index (χ0v) is 9.68. The Morgan fingerprint density at radius 1 is 1.39 bits per heavy atom. The van der Waals surface area contributed by atoms with Gasteiger partial charge in [-0.3, -0.25) is 4.79 Å². The Labute approximate surface area is 104 Å². The van der Waals surface area contributed by atoms with E-state index in [1.54, 1.807) is 18.2 Å². The molecule has 1 aromatic carbocycles. The van der Waals surface area contributed by atoms with Crippen LogP contribution in [-0.2, 0) is 4.79 Å². The molecule has 1 aliphatic heterocycles. The topological polar surface area (TPSA) is 71.4 Å². The second kappa shape index (κ2) is 4.22. The van der Waals surface area contributed by atoms with E-state index in [0.717, 1.165) is 18.4 Å². The lowest BCUT2D eigenvalue weighted by Gasteiger charge is -2.12. The summed E-state index contributed by atoms with van der Waals surface area (Å²) in [6.07, 6.45) is 1.84. The molecule has 0 aromatic heterocycles. The maximum Gasteiger partial charge on any atom is 0.231 e. The Kier molecular flexibility index (Phi) is 2.56. The van der Waals surface area contributed by atoms with Gasteiger partial charge in [0.2, 0.25) is 12.7 Å². The van der Waals surface area contributed by atoms with Crippen molar-refractivity contribution in [1.82, 2.24) is 5.32 Å². The number of nitrogens with one attached hydrogen (secondary N) is 1. The molecule has 1 amide bonds. The first-order valence-electron chi connectivity index (χ1n) is 5.87. The molecule has 1 N–H and O–H groups in total. The summed E-state index contributed by atoms with van der Waals surface area (Å²) in [4.78, 5) is 11.7. The van der Waals surface area contributed by atoms with Crippen molar-refractivity contribution in [3.8, 4) is 17.6 Å². The summed E-state index contributed by atoms with van der Waals surface area (Å²) in [6, 6.07) is 6.73. The van der Waals surface area contributed by atoms with Gasteiger partial charge in [-0.2, -0.15) is 5.26 Å². The number of hydrogen-bond donors (Lipinski definition) is 1. The van der Waals surface area contributed by atoms with Crippen LogP contribution < -0.4 is 14.8 Å². The van der Waals surface area contributed by atoms with Gasteiger partial charge in [0.1, 0.15) is 6.04 Å². The Bertz CT molecular complexity index is 532. The summed E-state index contributed by atoms with van der Waals surface area (Å²) >= 11 is 0. The van der Waals surface area contributed by atoms with Gasteiger partial charge in [0.15, 0.2) is 11.5 Å². The van der Waals surface area contributed by atoms with E-state index >= 15 is 0 Å². The van der Waals surface area contributed by atoms with Crippen LogP contribution in [-0.4, -0.2) is 12.7 Å². The Balaban J connectivity index is 1.78. The molecule has 5 nitrogen and oxygen atoms in total. The number of ether oxygens (including phenoxy) is 2. The number of nitriles is 1. The van der Waals surface area contributed by atoms with Crippen LogP contribution >= 0.6 is 0 Å². The normalized spacial score (nSPS) is 17.9. The summed E-state index contributed by atoms with van der Waals surface area (Å²) in [6.45, 7) is 0.199. The standard InChI is InChI=1S/C13H12N2O3/c14-6-10(15-13(16)8-1-2-8)9-3-4-11-12(5-9)18-7-17-11/h3-5,8,10H,1-2,7H2,(H,15,16)/t10-/m1/s1. The minimum absolute atomic E-state index is 0.0424. The average molecular weight is 244 g/mol. The van der Waals surface area contributed by atoms with Crippen LogP contribution in [0.4, 0.5) is 0 Å². The van der Waals surface area contributed by atoms with Gasteiger partial charge in [0.25, 0.3) is 0 Å². The van der Waals surface area contributed by atoms with Crippen molar-refractivity contribution in [2.75, 3.05) is 6.79 Å². The maximum atomic E-state index is 11.7. The first kappa shape index (κ1) is 10.9. The van der Waals surface area contributed by atoms with Crippen molar-refractivity contribution >= 4 is 5.91 Å². The first-order valence-corrected chi connectivity index (χ1v) is 5.87. The molecular formula is C13H12N2O3. The van der Waals surface area contributed by atoms with Crippen molar-refractivity contribution in [3.05, 3.63) is 23.8 Å². The molecular weight excluding hydrogens is 232 g/mol. The van der Waals surface area contributed by atoms with Gasteiger partial charge in [-0.15, -0.1) is 0 Å². The molecule has 1 heterocycles. The third kappa shape index (κ3) is 1.97. The highest BCUT2D eigenvalue weighted by Crippen LogP contribution is 2.35. The van der Waals surface area contributed by atoms with Crippen molar-refractivity contribution in [1.29, 1.82) is 5.26 Å². The van der Waals surface area contributed by atoms with E-state index in [2.05, 4.69) is 11.4 Å². The predicted molar refractivity (Wildman–Crippen MR) is 61.8 cm³/mol. The largest absolute Gasteiger partial charge is 0.454 e. The van der Waals surface area contributed by atoms with Crippen molar-refractivity contribution in [3.63, 3.8) is 0 Å². The molecule has 1 atom stereocenters. The molecule has 0 bridgehead atoms. The van der Waals surface area contributed by atoms with Crippen LogP contribution in [0.1, 0.15) is 24.4 Å². The van der Waals surface area contributed by atoms with Crippen LogP contribution in [0.15, 0.2) is 18.2 Å². The van der Waals surface area contributed by atoms with Gasteiger partial charge in [-0.25, -0.2) is 0 Å². The Morgan fingerprint density at radius 3 is 2.89 bits per heavy atom. The van der Waals surface area contributed by atoms with Crippen molar-refractivity contribution in [2.45, 2.75) is 18.9 Å². The predicted octanol–water partition coefficient (Wildman–Crippen LogP) is 1.51. The van der Waals surface area contributed by atoms with Crippen LogP contribution in [0.3, 0.4) is 0 Å². The Morgan fingerprint density at radius 2 is 2.17 bits per heavy atom. The molecule has 2 aliphatic rings. The second-order valence-electron chi connectivity index (χ2n) is 4.46. The molecule has 0 saturated heterocycles. The van der Waals surface area contributed by atoms with Crippen LogP contribution in [0.2, 0.25) is 0 Å². The number of carbonyl (C=O) groups is 1. The van der Waals surface area contributed by atoms with Gasteiger partial charge >= 0.3 is 0 Å². The average Bonchev–Trinajstić information content (AvgIpc) is 3.14. The Hall–Kier alpha value is -2.22. The lowest BCUT2D eigenvalue weighted by molar-refractivity contribution is -0.122. The summed E-state index contributed by atoms with van der Waals surface area (Å²) in [5.41, 5.74) is 0.718. The van der Waals surface area contributed by atoms with Crippen molar-refractivity contribution in [2.24, 2.45) is 5.92 Å². The van der Waals surface area contributed by atoms with Crippen molar-refractivity contribution < 1.29 is 14.3 Å². The number of carbonyl (C=O) groups excluding carboxylic acids is 1. The molecule has 1 saturated carbocycles. The quantitative estimate of drug-likeness (QED) is 0.874. The number of rotatable bonds is 3. The number of hydrogen-bond acceptors (Lipinski definition) is 4. The zero-order valence-electron chi connectivity index (χ0n) is 9.68. The lowest BCUT2D eigenvalue weighted by Crippen LogP contribution is -2.28. The molecule has 1 fully saturated rings. The summed E-state index contributed by atoms with van der Waals surface area (Å²) in [5, 5.41) is 11.9. The molecule has 3 rings (SSSR count). The summed E-state index contributed by atoms with van der Waals surface area (Å²) in [7, 11) is 0. The van der Waals surface area contributed by atoms with Crippen LogP contribution in [0, 0.1) is 17.2 Å². The fourth-order valence-electron chi connectivity index (χ4n) is 1.89. The molecule has 92 valence electrons.